The molecule has 0 radical (unpaired) electrons. The molecule has 0 aliphatic carbocycles. The third kappa shape index (κ3) is 4.51. The third-order valence-corrected chi connectivity index (χ3v) is 6.30. The van der Waals surface area contributed by atoms with E-state index in [1.165, 1.54) is 0 Å². The lowest BCUT2D eigenvalue weighted by molar-refractivity contribution is -0.000149. The fourth-order valence-corrected chi connectivity index (χ4v) is 4.56. The first-order valence-corrected chi connectivity index (χ1v) is 11.0. The number of methoxy groups -OCH3 is 2. The van der Waals surface area contributed by atoms with Crippen molar-refractivity contribution in [2.24, 2.45) is 0 Å². The molecule has 1 aliphatic heterocycles. The van der Waals surface area contributed by atoms with Gasteiger partial charge in [0.1, 0.15) is 17.1 Å². The Hall–Kier alpha value is -2.86. The van der Waals surface area contributed by atoms with Crippen LogP contribution < -0.4 is 9.47 Å². The standard InChI is InChI=1S/C27H31NO4/c1-30-23-14-12-22(13-15-23)27(29,24-10-6-7-11-26(24)31-2)25(21-8-4-3-5-9-21)20-28-16-18-32-19-17-28/h3-15,25,29H,16-20H2,1-2H3/t25-,27-/m1/s1. The summed E-state index contributed by atoms with van der Waals surface area (Å²) in [4.78, 5) is 2.37. The van der Waals surface area contributed by atoms with Crippen LogP contribution in [-0.2, 0) is 10.3 Å². The highest BCUT2D eigenvalue weighted by Gasteiger charge is 2.44. The molecule has 1 heterocycles. The van der Waals surface area contributed by atoms with Gasteiger partial charge in [-0.15, -0.1) is 0 Å². The van der Waals surface area contributed by atoms with Gasteiger partial charge in [0.05, 0.1) is 27.4 Å². The van der Waals surface area contributed by atoms with Gasteiger partial charge in [0.15, 0.2) is 0 Å². The van der Waals surface area contributed by atoms with Crippen LogP contribution in [0.15, 0.2) is 78.9 Å². The molecule has 5 nitrogen and oxygen atoms in total. The van der Waals surface area contributed by atoms with Crippen LogP contribution in [0.25, 0.3) is 0 Å². The SMILES string of the molecule is COc1ccc([C@@](O)(c2ccccc2OC)[C@H](CN2CCOCC2)c2ccccc2)cc1. The molecule has 0 amide bonds. The highest BCUT2D eigenvalue weighted by Crippen LogP contribution is 2.46. The predicted octanol–water partition coefficient (Wildman–Crippen LogP) is 4.06. The minimum absolute atomic E-state index is 0.230. The second-order valence-electron chi connectivity index (χ2n) is 8.07. The molecule has 4 rings (SSSR count). The predicted molar refractivity (Wildman–Crippen MR) is 125 cm³/mol. The molecule has 168 valence electrons. The molecular weight excluding hydrogens is 402 g/mol. The number of nitrogens with zero attached hydrogens (tertiary/aromatic N) is 1. The maximum absolute atomic E-state index is 12.7. The molecule has 0 spiro atoms. The van der Waals surface area contributed by atoms with Gasteiger partial charge in [-0.2, -0.15) is 0 Å². The molecule has 3 aromatic carbocycles. The lowest BCUT2D eigenvalue weighted by atomic mass is 9.72. The van der Waals surface area contributed by atoms with E-state index in [0.717, 1.165) is 35.5 Å². The number of benzene rings is 3. The van der Waals surface area contributed by atoms with Crippen molar-refractivity contribution < 1.29 is 19.3 Å². The van der Waals surface area contributed by atoms with E-state index in [1.807, 2.05) is 66.7 Å². The summed E-state index contributed by atoms with van der Waals surface area (Å²) in [7, 11) is 3.29. The van der Waals surface area contributed by atoms with Gasteiger partial charge in [-0.1, -0.05) is 60.7 Å². The van der Waals surface area contributed by atoms with E-state index in [-0.39, 0.29) is 5.92 Å². The maximum atomic E-state index is 12.7. The van der Waals surface area contributed by atoms with E-state index < -0.39 is 5.60 Å². The third-order valence-electron chi connectivity index (χ3n) is 6.30. The monoisotopic (exact) mass is 433 g/mol. The first-order chi connectivity index (χ1) is 15.7. The van der Waals surface area contributed by atoms with Crippen molar-refractivity contribution in [1.29, 1.82) is 0 Å². The van der Waals surface area contributed by atoms with Crippen LogP contribution in [0.2, 0.25) is 0 Å². The molecule has 1 N–H and O–H groups in total. The molecule has 3 aromatic rings. The van der Waals surface area contributed by atoms with Crippen LogP contribution in [0.4, 0.5) is 0 Å². The normalized spacial score (nSPS) is 17.3. The Kier molecular flexibility index (Phi) is 7.10. The summed E-state index contributed by atoms with van der Waals surface area (Å²) in [5.41, 5.74) is 1.29. The van der Waals surface area contributed by atoms with Crippen molar-refractivity contribution >= 4 is 0 Å². The van der Waals surface area contributed by atoms with Gasteiger partial charge in [0, 0.05) is 31.1 Å². The van der Waals surface area contributed by atoms with E-state index in [4.69, 9.17) is 14.2 Å². The largest absolute Gasteiger partial charge is 0.497 e. The topological polar surface area (TPSA) is 51.2 Å². The lowest BCUT2D eigenvalue weighted by Crippen LogP contribution is -2.45. The Labute approximate surface area is 190 Å². The molecule has 0 aromatic heterocycles. The van der Waals surface area contributed by atoms with Gasteiger partial charge in [-0.3, -0.25) is 4.90 Å². The minimum Gasteiger partial charge on any atom is -0.497 e. The average Bonchev–Trinajstić information content (AvgIpc) is 2.88. The van der Waals surface area contributed by atoms with Crippen molar-refractivity contribution in [1.82, 2.24) is 4.90 Å². The van der Waals surface area contributed by atoms with Gasteiger partial charge >= 0.3 is 0 Å². The first kappa shape index (κ1) is 22.3. The maximum Gasteiger partial charge on any atom is 0.126 e. The number of rotatable bonds is 8. The highest BCUT2D eigenvalue weighted by molar-refractivity contribution is 5.49. The first-order valence-electron chi connectivity index (χ1n) is 11.0. The smallest absolute Gasteiger partial charge is 0.126 e. The second kappa shape index (κ2) is 10.2. The summed E-state index contributed by atoms with van der Waals surface area (Å²) >= 11 is 0. The fraction of sp³-hybridized carbons (Fsp3) is 0.333. The molecule has 2 atom stereocenters. The molecule has 1 fully saturated rings. The summed E-state index contributed by atoms with van der Waals surface area (Å²) < 4.78 is 16.7. The Bertz CT molecular complexity index is 986. The summed E-state index contributed by atoms with van der Waals surface area (Å²) in [6, 6.07) is 25.7. The molecule has 0 bridgehead atoms. The number of hydrogen-bond donors (Lipinski definition) is 1. The van der Waals surface area contributed by atoms with Gasteiger partial charge in [0.25, 0.3) is 0 Å². The van der Waals surface area contributed by atoms with Gasteiger partial charge in [-0.25, -0.2) is 0 Å². The van der Waals surface area contributed by atoms with Crippen LogP contribution >= 0.6 is 0 Å². The Morgan fingerprint density at radius 1 is 0.875 bits per heavy atom. The van der Waals surface area contributed by atoms with Crippen LogP contribution in [0.5, 0.6) is 11.5 Å². The molecule has 0 unspecified atom stereocenters. The molecule has 32 heavy (non-hydrogen) atoms. The van der Waals surface area contributed by atoms with Crippen LogP contribution in [0.3, 0.4) is 0 Å². The zero-order valence-corrected chi connectivity index (χ0v) is 18.7. The van der Waals surface area contributed by atoms with Crippen molar-refractivity contribution in [2.45, 2.75) is 11.5 Å². The van der Waals surface area contributed by atoms with Crippen LogP contribution in [0, 0.1) is 0 Å². The van der Waals surface area contributed by atoms with Gasteiger partial charge in [-0.05, 0) is 29.3 Å². The summed E-state index contributed by atoms with van der Waals surface area (Å²) in [6.45, 7) is 3.78. The van der Waals surface area contributed by atoms with Crippen molar-refractivity contribution in [2.75, 3.05) is 47.1 Å². The molecule has 0 saturated carbocycles. The molecular formula is C27H31NO4. The zero-order valence-electron chi connectivity index (χ0n) is 18.7. The highest BCUT2D eigenvalue weighted by atomic mass is 16.5. The molecule has 1 aliphatic rings. The summed E-state index contributed by atoms with van der Waals surface area (Å²) in [5.74, 6) is 1.18. The van der Waals surface area contributed by atoms with Crippen LogP contribution in [0.1, 0.15) is 22.6 Å². The van der Waals surface area contributed by atoms with E-state index in [2.05, 4.69) is 17.0 Å². The average molecular weight is 434 g/mol. The second-order valence-corrected chi connectivity index (χ2v) is 8.07. The quantitative estimate of drug-likeness (QED) is 0.581. The van der Waals surface area contributed by atoms with Gasteiger partial charge in [0.2, 0.25) is 0 Å². The number of ether oxygens (including phenoxy) is 3. The Balaban J connectivity index is 1.89. The summed E-state index contributed by atoms with van der Waals surface area (Å²) in [6.07, 6.45) is 0. The van der Waals surface area contributed by atoms with E-state index >= 15 is 0 Å². The molecule has 1 saturated heterocycles. The number of morpholine rings is 1. The van der Waals surface area contributed by atoms with Gasteiger partial charge < -0.3 is 19.3 Å². The number of para-hydroxylation sites is 1. The van der Waals surface area contributed by atoms with Crippen molar-refractivity contribution in [3.05, 3.63) is 95.6 Å². The van der Waals surface area contributed by atoms with Crippen molar-refractivity contribution in [3.8, 4) is 11.5 Å². The minimum atomic E-state index is -1.32. The number of aliphatic hydroxyl groups is 1. The summed E-state index contributed by atoms with van der Waals surface area (Å²) in [5, 5.41) is 12.7. The van der Waals surface area contributed by atoms with Crippen LogP contribution in [-0.4, -0.2) is 57.1 Å². The lowest BCUT2D eigenvalue weighted by Gasteiger charge is -2.41. The zero-order chi connectivity index (χ0) is 22.4. The van der Waals surface area contributed by atoms with E-state index in [0.29, 0.717) is 25.5 Å². The fourth-order valence-electron chi connectivity index (χ4n) is 4.56. The van der Waals surface area contributed by atoms with Crippen molar-refractivity contribution in [3.63, 3.8) is 0 Å². The molecule has 5 heteroatoms. The van der Waals surface area contributed by atoms with E-state index in [1.54, 1.807) is 14.2 Å². The Morgan fingerprint density at radius 2 is 1.53 bits per heavy atom. The number of hydrogen-bond acceptors (Lipinski definition) is 5. The Morgan fingerprint density at radius 3 is 2.19 bits per heavy atom. The van der Waals surface area contributed by atoms with E-state index in [9.17, 15) is 5.11 Å².